The van der Waals surface area contributed by atoms with Crippen LogP contribution in [-0.2, 0) is 6.42 Å². The highest BCUT2D eigenvalue weighted by molar-refractivity contribution is 6.30. The van der Waals surface area contributed by atoms with E-state index >= 15 is 0 Å². The fraction of sp³-hybridized carbons (Fsp3) is 0.143. The molecule has 0 bridgehead atoms. The van der Waals surface area contributed by atoms with E-state index in [1.807, 2.05) is 0 Å². The molecule has 100 valence electrons. The van der Waals surface area contributed by atoms with E-state index in [1.165, 1.54) is 30.3 Å². The Morgan fingerprint density at radius 1 is 1.00 bits per heavy atom. The second-order valence-electron chi connectivity index (χ2n) is 4.26. The molecular weight excluding hydrogens is 275 g/mol. The van der Waals surface area contributed by atoms with Crippen molar-refractivity contribution >= 4 is 11.6 Å². The van der Waals surface area contributed by atoms with Gasteiger partial charge in [0.25, 0.3) is 0 Å². The van der Waals surface area contributed by atoms with Crippen molar-refractivity contribution in [1.82, 2.24) is 0 Å². The second-order valence-corrected chi connectivity index (χ2v) is 4.67. The molecule has 0 spiro atoms. The quantitative estimate of drug-likeness (QED) is 0.906. The van der Waals surface area contributed by atoms with E-state index in [9.17, 15) is 13.2 Å². The Morgan fingerprint density at radius 3 is 2.21 bits per heavy atom. The highest BCUT2D eigenvalue weighted by Gasteiger charge is 2.11. The normalized spacial score (nSPS) is 12.5. The van der Waals surface area contributed by atoms with Crippen molar-refractivity contribution in [3.63, 3.8) is 0 Å². The molecule has 1 atom stereocenters. The molecule has 2 N–H and O–H groups in total. The lowest BCUT2D eigenvalue weighted by Gasteiger charge is -2.13. The van der Waals surface area contributed by atoms with Gasteiger partial charge in [-0.25, -0.2) is 13.2 Å². The monoisotopic (exact) mass is 285 g/mol. The minimum atomic E-state index is -0.678. The number of rotatable bonds is 3. The van der Waals surface area contributed by atoms with E-state index in [0.717, 1.165) is 6.07 Å². The lowest BCUT2D eigenvalue weighted by molar-refractivity contribution is 0.572. The lowest BCUT2D eigenvalue weighted by Crippen LogP contribution is -2.14. The summed E-state index contributed by atoms with van der Waals surface area (Å²) in [5, 5.41) is -0.00452. The molecule has 0 aliphatic carbocycles. The minimum Gasteiger partial charge on any atom is -0.324 e. The van der Waals surface area contributed by atoms with Crippen LogP contribution in [-0.4, -0.2) is 0 Å². The van der Waals surface area contributed by atoms with Crippen molar-refractivity contribution in [3.05, 3.63) is 70.0 Å². The second kappa shape index (κ2) is 5.63. The van der Waals surface area contributed by atoms with E-state index in [1.54, 1.807) is 0 Å². The van der Waals surface area contributed by atoms with Gasteiger partial charge in [0.15, 0.2) is 0 Å². The van der Waals surface area contributed by atoms with Gasteiger partial charge in [0.05, 0.1) is 5.02 Å². The maximum atomic E-state index is 13.1. The van der Waals surface area contributed by atoms with Crippen LogP contribution in [0.25, 0.3) is 0 Å². The molecule has 1 nitrogen and oxygen atoms in total. The molecule has 0 saturated carbocycles. The standard InChI is InChI=1S/C14H11ClF3N/c15-12-3-8(1-2-13(12)18)4-14(19)9-5-10(16)7-11(17)6-9/h1-3,5-7,14H,4,19H2. The van der Waals surface area contributed by atoms with Crippen LogP contribution in [0.5, 0.6) is 0 Å². The third-order valence-corrected chi connectivity index (χ3v) is 3.04. The third kappa shape index (κ3) is 3.49. The molecule has 2 aromatic rings. The van der Waals surface area contributed by atoms with E-state index in [0.29, 0.717) is 17.5 Å². The third-order valence-electron chi connectivity index (χ3n) is 2.75. The van der Waals surface area contributed by atoms with Gasteiger partial charge in [-0.1, -0.05) is 17.7 Å². The van der Waals surface area contributed by atoms with Crippen molar-refractivity contribution in [2.75, 3.05) is 0 Å². The van der Waals surface area contributed by atoms with Gasteiger partial charge < -0.3 is 5.73 Å². The van der Waals surface area contributed by atoms with E-state index in [2.05, 4.69) is 0 Å². The maximum absolute atomic E-state index is 13.1. The highest BCUT2D eigenvalue weighted by Crippen LogP contribution is 2.22. The van der Waals surface area contributed by atoms with Crippen LogP contribution in [0.1, 0.15) is 17.2 Å². The van der Waals surface area contributed by atoms with Crippen molar-refractivity contribution < 1.29 is 13.2 Å². The Bertz CT molecular complexity index is 581. The van der Waals surface area contributed by atoms with Crippen LogP contribution in [0.4, 0.5) is 13.2 Å². The summed E-state index contributed by atoms with van der Waals surface area (Å²) < 4.78 is 39.2. The Balaban J connectivity index is 2.20. The van der Waals surface area contributed by atoms with Crippen LogP contribution >= 0.6 is 11.6 Å². The zero-order valence-corrected chi connectivity index (χ0v) is 10.6. The summed E-state index contributed by atoms with van der Waals surface area (Å²) in [5.74, 6) is -1.87. The van der Waals surface area contributed by atoms with E-state index in [-0.39, 0.29) is 5.02 Å². The first kappa shape index (κ1) is 13.9. The summed E-state index contributed by atoms with van der Waals surface area (Å²) in [6.07, 6.45) is 0.308. The van der Waals surface area contributed by atoms with Crippen LogP contribution in [0.3, 0.4) is 0 Å². The molecule has 0 amide bonds. The van der Waals surface area contributed by atoms with Crippen molar-refractivity contribution in [2.45, 2.75) is 12.5 Å². The molecule has 0 saturated heterocycles. The zero-order valence-electron chi connectivity index (χ0n) is 9.84. The van der Waals surface area contributed by atoms with Gasteiger partial charge in [0.2, 0.25) is 0 Å². The Morgan fingerprint density at radius 2 is 1.63 bits per heavy atom. The molecule has 5 heteroatoms. The van der Waals surface area contributed by atoms with Crippen LogP contribution < -0.4 is 5.73 Å². The van der Waals surface area contributed by atoms with Crippen LogP contribution in [0.2, 0.25) is 5.02 Å². The largest absolute Gasteiger partial charge is 0.324 e. The van der Waals surface area contributed by atoms with Gasteiger partial charge in [-0.2, -0.15) is 0 Å². The molecule has 2 rings (SSSR count). The first-order chi connectivity index (χ1) is 8.95. The van der Waals surface area contributed by atoms with Gasteiger partial charge in [-0.15, -0.1) is 0 Å². The molecule has 0 radical (unpaired) electrons. The minimum absolute atomic E-state index is 0.00452. The Labute approximate surface area is 113 Å². The topological polar surface area (TPSA) is 26.0 Å². The smallest absolute Gasteiger partial charge is 0.141 e. The molecule has 2 aromatic carbocycles. The molecule has 0 aromatic heterocycles. The van der Waals surface area contributed by atoms with E-state index in [4.69, 9.17) is 17.3 Å². The fourth-order valence-electron chi connectivity index (χ4n) is 1.83. The van der Waals surface area contributed by atoms with Crippen LogP contribution in [0, 0.1) is 17.5 Å². The SMILES string of the molecule is NC(Cc1ccc(F)c(Cl)c1)c1cc(F)cc(F)c1. The van der Waals surface area contributed by atoms with Crippen molar-refractivity contribution in [3.8, 4) is 0 Å². The average Bonchev–Trinajstić information content (AvgIpc) is 2.32. The number of hydrogen-bond donors (Lipinski definition) is 1. The molecule has 19 heavy (non-hydrogen) atoms. The summed E-state index contributed by atoms with van der Waals surface area (Å²) in [7, 11) is 0. The summed E-state index contributed by atoms with van der Waals surface area (Å²) in [6.45, 7) is 0. The van der Waals surface area contributed by atoms with Gasteiger partial charge in [0.1, 0.15) is 17.5 Å². The molecule has 0 aliphatic rings. The average molecular weight is 286 g/mol. The van der Waals surface area contributed by atoms with Gasteiger partial charge in [-0.05, 0) is 41.8 Å². The Kier molecular flexibility index (Phi) is 4.12. The first-order valence-electron chi connectivity index (χ1n) is 5.61. The van der Waals surface area contributed by atoms with Crippen LogP contribution in [0.15, 0.2) is 36.4 Å². The number of halogens is 4. The van der Waals surface area contributed by atoms with Crippen molar-refractivity contribution in [2.24, 2.45) is 5.73 Å². The summed E-state index contributed by atoms with van der Waals surface area (Å²) in [5.41, 5.74) is 6.93. The maximum Gasteiger partial charge on any atom is 0.141 e. The van der Waals surface area contributed by atoms with Gasteiger partial charge >= 0.3 is 0 Å². The first-order valence-corrected chi connectivity index (χ1v) is 5.99. The molecular formula is C14H11ClF3N. The summed E-state index contributed by atoms with van der Waals surface area (Å²) in [6, 6.07) is 6.77. The van der Waals surface area contributed by atoms with Gasteiger partial charge in [0, 0.05) is 12.1 Å². The zero-order chi connectivity index (χ0) is 14.0. The lowest BCUT2D eigenvalue weighted by atomic mass is 9.99. The molecule has 0 heterocycles. The van der Waals surface area contributed by atoms with E-state index < -0.39 is 23.5 Å². The fourth-order valence-corrected chi connectivity index (χ4v) is 2.03. The van der Waals surface area contributed by atoms with Gasteiger partial charge in [-0.3, -0.25) is 0 Å². The summed E-state index contributed by atoms with van der Waals surface area (Å²) in [4.78, 5) is 0. The highest BCUT2D eigenvalue weighted by atomic mass is 35.5. The number of nitrogens with two attached hydrogens (primary N) is 1. The number of hydrogen-bond acceptors (Lipinski definition) is 1. The summed E-state index contributed by atoms with van der Waals surface area (Å²) >= 11 is 5.66. The molecule has 1 unspecified atom stereocenters. The Hall–Kier alpha value is -1.52. The predicted octanol–water partition coefficient (Wildman–Crippen LogP) is 4.00. The van der Waals surface area contributed by atoms with Crippen molar-refractivity contribution in [1.29, 1.82) is 0 Å². The number of benzene rings is 2. The predicted molar refractivity (Wildman–Crippen MR) is 68.4 cm³/mol. The molecule has 0 fully saturated rings. The molecule has 0 aliphatic heterocycles.